The molecule has 0 saturated heterocycles. The highest BCUT2D eigenvalue weighted by Crippen LogP contribution is 2.16. The average Bonchev–Trinajstić information content (AvgIpc) is 2.48. The number of benzene rings is 2. The molecule has 0 aliphatic rings. The molecule has 0 spiro atoms. The number of hydrogen-bond donors (Lipinski definition) is 2. The number of aryl methyl sites for hydroxylation is 1. The first-order valence-electron chi connectivity index (χ1n) is 6.66. The zero-order valence-electron chi connectivity index (χ0n) is 11.6. The summed E-state index contributed by atoms with van der Waals surface area (Å²) in [6, 6.07) is 19.6. The third-order valence-electron chi connectivity index (χ3n) is 2.81. The van der Waals surface area contributed by atoms with Gasteiger partial charge in [0, 0.05) is 11.4 Å². The molecule has 0 aliphatic heterocycles. The molecular formula is C16H15N5. The summed E-state index contributed by atoms with van der Waals surface area (Å²) in [6.45, 7) is 1.84. The van der Waals surface area contributed by atoms with E-state index in [0.29, 0.717) is 17.7 Å². The van der Waals surface area contributed by atoms with Gasteiger partial charge in [0.15, 0.2) is 0 Å². The van der Waals surface area contributed by atoms with E-state index in [2.05, 4.69) is 25.6 Å². The van der Waals surface area contributed by atoms with E-state index in [9.17, 15) is 0 Å². The van der Waals surface area contributed by atoms with E-state index in [1.807, 2.05) is 67.6 Å². The highest BCUT2D eigenvalue weighted by Gasteiger charge is 2.04. The predicted octanol–water partition coefficient (Wildman–Crippen LogP) is 3.67. The van der Waals surface area contributed by atoms with Gasteiger partial charge in [0.05, 0.1) is 0 Å². The van der Waals surface area contributed by atoms with Crippen molar-refractivity contribution in [1.82, 2.24) is 15.0 Å². The van der Waals surface area contributed by atoms with Crippen LogP contribution in [0.15, 0.2) is 60.7 Å². The summed E-state index contributed by atoms with van der Waals surface area (Å²) in [5, 5.41) is 6.34. The lowest BCUT2D eigenvalue weighted by Crippen LogP contribution is -2.05. The van der Waals surface area contributed by atoms with E-state index in [-0.39, 0.29) is 0 Å². The smallest absolute Gasteiger partial charge is 0.232 e. The Morgan fingerprint density at radius 3 is 1.48 bits per heavy atom. The molecular weight excluding hydrogens is 262 g/mol. The van der Waals surface area contributed by atoms with Gasteiger partial charge >= 0.3 is 0 Å². The second-order valence-electron chi connectivity index (χ2n) is 4.51. The fourth-order valence-electron chi connectivity index (χ4n) is 1.89. The van der Waals surface area contributed by atoms with Crippen LogP contribution in [-0.4, -0.2) is 15.0 Å². The second-order valence-corrected chi connectivity index (χ2v) is 4.51. The van der Waals surface area contributed by atoms with Crippen LogP contribution < -0.4 is 10.6 Å². The molecule has 0 unspecified atom stereocenters. The molecule has 0 amide bonds. The summed E-state index contributed by atoms with van der Waals surface area (Å²) >= 11 is 0. The quantitative estimate of drug-likeness (QED) is 0.762. The highest BCUT2D eigenvalue weighted by molar-refractivity contribution is 5.57. The zero-order valence-corrected chi connectivity index (χ0v) is 11.6. The first-order valence-corrected chi connectivity index (χ1v) is 6.66. The van der Waals surface area contributed by atoms with Crippen molar-refractivity contribution in [3.8, 4) is 0 Å². The monoisotopic (exact) mass is 277 g/mol. The standard InChI is InChI=1S/C16H15N5/c1-12-17-15(19-13-8-4-2-5-9-13)21-16(18-12)20-14-10-6-3-7-11-14/h2-11H,1H3,(H2,17,18,19,20,21). The number of nitrogens with zero attached hydrogens (tertiary/aromatic N) is 3. The van der Waals surface area contributed by atoms with Crippen LogP contribution in [0.4, 0.5) is 23.3 Å². The van der Waals surface area contributed by atoms with Crippen LogP contribution in [0.2, 0.25) is 0 Å². The average molecular weight is 277 g/mol. The van der Waals surface area contributed by atoms with Crippen LogP contribution in [0, 0.1) is 6.92 Å². The molecule has 3 aromatic rings. The van der Waals surface area contributed by atoms with Crippen LogP contribution >= 0.6 is 0 Å². The normalized spacial score (nSPS) is 10.1. The molecule has 0 saturated carbocycles. The number of hydrogen-bond acceptors (Lipinski definition) is 5. The van der Waals surface area contributed by atoms with Crippen molar-refractivity contribution in [1.29, 1.82) is 0 Å². The maximum atomic E-state index is 4.38. The summed E-state index contributed by atoms with van der Waals surface area (Å²) in [6.07, 6.45) is 0. The number of aromatic nitrogens is 3. The van der Waals surface area contributed by atoms with Crippen molar-refractivity contribution < 1.29 is 0 Å². The number of para-hydroxylation sites is 2. The second kappa shape index (κ2) is 6.00. The fraction of sp³-hybridized carbons (Fsp3) is 0.0625. The van der Waals surface area contributed by atoms with E-state index in [1.165, 1.54) is 0 Å². The van der Waals surface area contributed by atoms with E-state index in [0.717, 1.165) is 11.4 Å². The first kappa shape index (κ1) is 13.1. The summed E-state index contributed by atoms with van der Waals surface area (Å²) in [5.41, 5.74) is 1.88. The Morgan fingerprint density at radius 2 is 1.05 bits per heavy atom. The van der Waals surface area contributed by atoms with E-state index in [4.69, 9.17) is 0 Å². The topological polar surface area (TPSA) is 62.7 Å². The van der Waals surface area contributed by atoms with Gasteiger partial charge in [-0.25, -0.2) is 0 Å². The molecule has 0 radical (unpaired) electrons. The highest BCUT2D eigenvalue weighted by atomic mass is 15.2. The number of nitrogens with one attached hydrogen (secondary N) is 2. The van der Waals surface area contributed by atoms with Gasteiger partial charge in [0.2, 0.25) is 11.9 Å². The molecule has 5 heteroatoms. The van der Waals surface area contributed by atoms with Gasteiger partial charge in [-0.1, -0.05) is 36.4 Å². The maximum absolute atomic E-state index is 4.38. The molecule has 0 aliphatic carbocycles. The van der Waals surface area contributed by atoms with Crippen LogP contribution in [0.25, 0.3) is 0 Å². The van der Waals surface area contributed by atoms with Gasteiger partial charge in [-0.3, -0.25) is 0 Å². The molecule has 0 atom stereocenters. The molecule has 3 rings (SSSR count). The van der Waals surface area contributed by atoms with Gasteiger partial charge in [-0.15, -0.1) is 0 Å². The summed E-state index contributed by atoms with van der Waals surface area (Å²) in [4.78, 5) is 13.0. The Kier molecular flexibility index (Phi) is 3.73. The third-order valence-corrected chi connectivity index (χ3v) is 2.81. The van der Waals surface area contributed by atoms with Gasteiger partial charge in [-0.2, -0.15) is 15.0 Å². The van der Waals surface area contributed by atoms with Crippen molar-refractivity contribution in [3.63, 3.8) is 0 Å². The minimum absolute atomic E-state index is 0.520. The molecule has 0 fully saturated rings. The molecule has 1 aromatic heterocycles. The van der Waals surface area contributed by atoms with Crippen molar-refractivity contribution in [2.75, 3.05) is 10.6 Å². The maximum Gasteiger partial charge on any atom is 0.232 e. The molecule has 0 bridgehead atoms. The number of anilines is 4. The van der Waals surface area contributed by atoms with Crippen LogP contribution in [0.5, 0.6) is 0 Å². The predicted molar refractivity (Wildman–Crippen MR) is 84.0 cm³/mol. The summed E-state index contributed by atoms with van der Waals surface area (Å²) in [7, 11) is 0. The van der Waals surface area contributed by atoms with Gasteiger partial charge in [-0.05, 0) is 31.2 Å². The molecule has 104 valence electrons. The van der Waals surface area contributed by atoms with E-state index >= 15 is 0 Å². The Bertz CT molecular complexity index is 653. The third kappa shape index (κ3) is 3.54. The van der Waals surface area contributed by atoms with Crippen molar-refractivity contribution >= 4 is 23.3 Å². The lowest BCUT2D eigenvalue weighted by molar-refractivity contribution is 0.989. The van der Waals surface area contributed by atoms with Gasteiger partial charge in [0.25, 0.3) is 0 Å². The van der Waals surface area contributed by atoms with E-state index < -0.39 is 0 Å². The molecule has 5 nitrogen and oxygen atoms in total. The molecule has 2 N–H and O–H groups in total. The van der Waals surface area contributed by atoms with Crippen LogP contribution in [-0.2, 0) is 0 Å². The van der Waals surface area contributed by atoms with Crippen molar-refractivity contribution in [2.24, 2.45) is 0 Å². The lowest BCUT2D eigenvalue weighted by Gasteiger charge is -2.08. The Morgan fingerprint density at radius 1 is 0.619 bits per heavy atom. The summed E-state index contributed by atoms with van der Waals surface area (Å²) in [5.74, 6) is 1.70. The Hall–Kier alpha value is -2.95. The Balaban J connectivity index is 1.83. The minimum Gasteiger partial charge on any atom is -0.324 e. The lowest BCUT2D eigenvalue weighted by atomic mass is 10.3. The van der Waals surface area contributed by atoms with Crippen molar-refractivity contribution in [2.45, 2.75) is 6.92 Å². The first-order chi connectivity index (χ1) is 10.3. The SMILES string of the molecule is Cc1nc(Nc2ccccc2)nc(Nc2ccccc2)n1. The fourth-order valence-corrected chi connectivity index (χ4v) is 1.89. The molecule has 1 heterocycles. The number of rotatable bonds is 4. The van der Waals surface area contributed by atoms with Crippen LogP contribution in [0.3, 0.4) is 0 Å². The van der Waals surface area contributed by atoms with Crippen molar-refractivity contribution in [3.05, 3.63) is 66.5 Å². The van der Waals surface area contributed by atoms with Gasteiger partial charge < -0.3 is 10.6 Å². The molecule has 2 aromatic carbocycles. The van der Waals surface area contributed by atoms with Crippen LogP contribution in [0.1, 0.15) is 5.82 Å². The molecule has 21 heavy (non-hydrogen) atoms. The Labute approximate surface area is 123 Å². The minimum atomic E-state index is 0.520. The van der Waals surface area contributed by atoms with E-state index in [1.54, 1.807) is 0 Å². The largest absolute Gasteiger partial charge is 0.324 e. The summed E-state index contributed by atoms with van der Waals surface area (Å²) < 4.78 is 0. The zero-order chi connectivity index (χ0) is 14.5. The van der Waals surface area contributed by atoms with Gasteiger partial charge in [0.1, 0.15) is 5.82 Å².